The summed E-state index contributed by atoms with van der Waals surface area (Å²) in [5, 5.41) is 7.34. The molecule has 0 aromatic carbocycles. The van der Waals surface area contributed by atoms with Gasteiger partial charge in [0.1, 0.15) is 11.8 Å². The normalized spacial score (nSPS) is 22.0. The third kappa shape index (κ3) is 2.82. The molecule has 1 fully saturated rings. The first-order chi connectivity index (χ1) is 10.6. The Morgan fingerprint density at radius 3 is 3.05 bits per heavy atom. The van der Waals surface area contributed by atoms with Crippen LogP contribution in [0.25, 0.3) is 5.65 Å². The molecule has 0 spiro atoms. The van der Waals surface area contributed by atoms with E-state index in [1.165, 1.54) is 0 Å². The zero-order valence-electron chi connectivity index (χ0n) is 13.0. The summed E-state index contributed by atoms with van der Waals surface area (Å²) in [7, 11) is 1.63. The van der Waals surface area contributed by atoms with E-state index in [1.54, 1.807) is 17.7 Å². The molecule has 1 N–H and O–H groups in total. The van der Waals surface area contributed by atoms with Crippen LogP contribution in [-0.2, 0) is 9.47 Å². The molecule has 2 unspecified atom stereocenters. The molecule has 3 rings (SSSR count). The fraction of sp³-hybridized carbons (Fsp3) is 0.533. The molecule has 22 heavy (non-hydrogen) atoms. The van der Waals surface area contributed by atoms with Crippen molar-refractivity contribution >= 4 is 11.6 Å². The SMILES string of the molecule is COC1COCCC1NC(=O)c1cc(C)n2nc(C)cc2n1. The number of hydrogen-bond donors (Lipinski definition) is 1. The molecular weight excluding hydrogens is 284 g/mol. The van der Waals surface area contributed by atoms with E-state index in [1.807, 2.05) is 19.9 Å². The van der Waals surface area contributed by atoms with Crippen molar-refractivity contribution in [1.29, 1.82) is 0 Å². The summed E-state index contributed by atoms with van der Waals surface area (Å²) in [6.07, 6.45) is 0.608. The van der Waals surface area contributed by atoms with E-state index in [2.05, 4.69) is 15.4 Å². The average molecular weight is 304 g/mol. The lowest BCUT2D eigenvalue weighted by Gasteiger charge is -2.30. The minimum atomic E-state index is -0.196. The maximum absolute atomic E-state index is 12.5. The number of methoxy groups -OCH3 is 1. The van der Waals surface area contributed by atoms with Crippen LogP contribution in [0.2, 0.25) is 0 Å². The standard InChI is InChI=1S/C15H20N4O3/c1-9-6-14-16-12(7-10(2)19(14)18-9)15(20)17-11-4-5-22-8-13(11)21-3/h6-7,11,13H,4-5,8H2,1-3H3,(H,17,20). The van der Waals surface area contributed by atoms with Crippen molar-refractivity contribution < 1.29 is 14.3 Å². The Morgan fingerprint density at radius 2 is 2.27 bits per heavy atom. The van der Waals surface area contributed by atoms with E-state index in [0.717, 1.165) is 17.8 Å². The topological polar surface area (TPSA) is 77.8 Å². The number of carbonyl (C=O) groups excluding carboxylic acids is 1. The summed E-state index contributed by atoms with van der Waals surface area (Å²) in [4.78, 5) is 16.9. The van der Waals surface area contributed by atoms with E-state index < -0.39 is 0 Å². The monoisotopic (exact) mass is 304 g/mol. The molecule has 3 heterocycles. The Hall–Kier alpha value is -1.99. The molecule has 0 radical (unpaired) electrons. The lowest BCUT2D eigenvalue weighted by atomic mass is 10.1. The number of nitrogens with zero attached hydrogens (tertiary/aromatic N) is 3. The minimum Gasteiger partial charge on any atom is -0.379 e. The van der Waals surface area contributed by atoms with Crippen molar-refractivity contribution in [2.45, 2.75) is 32.4 Å². The van der Waals surface area contributed by atoms with Gasteiger partial charge in [0.05, 0.1) is 18.3 Å². The van der Waals surface area contributed by atoms with Gasteiger partial charge in [0, 0.05) is 25.5 Å². The summed E-state index contributed by atoms with van der Waals surface area (Å²) < 4.78 is 12.5. The Bertz CT molecular complexity index is 697. The summed E-state index contributed by atoms with van der Waals surface area (Å²) in [5.41, 5.74) is 2.82. The Kier molecular flexibility index (Phi) is 4.08. The first-order valence-electron chi connectivity index (χ1n) is 7.34. The van der Waals surface area contributed by atoms with E-state index in [4.69, 9.17) is 9.47 Å². The van der Waals surface area contributed by atoms with Crippen LogP contribution >= 0.6 is 0 Å². The fourth-order valence-electron chi connectivity index (χ4n) is 2.71. The summed E-state index contributed by atoms with van der Waals surface area (Å²) in [6, 6.07) is 3.54. The average Bonchev–Trinajstić information content (AvgIpc) is 2.88. The van der Waals surface area contributed by atoms with Crippen LogP contribution in [0.4, 0.5) is 0 Å². The Balaban J connectivity index is 1.82. The number of nitrogens with one attached hydrogen (secondary N) is 1. The van der Waals surface area contributed by atoms with Crippen molar-refractivity contribution in [3.63, 3.8) is 0 Å². The molecule has 1 amide bonds. The van der Waals surface area contributed by atoms with Gasteiger partial charge in [-0.25, -0.2) is 9.50 Å². The molecule has 0 aliphatic carbocycles. The number of rotatable bonds is 3. The summed E-state index contributed by atoms with van der Waals surface area (Å²) in [6.45, 7) is 4.93. The maximum Gasteiger partial charge on any atom is 0.270 e. The second-order valence-electron chi connectivity index (χ2n) is 5.56. The highest BCUT2D eigenvalue weighted by molar-refractivity contribution is 5.93. The first-order valence-corrected chi connectivity index (χ1v) is 7.34. The minimum absolute atomic E-state index is 0.0590. The predicted molar refractivity (Wildman–Crippen MR) is 79.9 cm³/mol. The molecule has 118 valence electrons. The van der Waals surface area contributed by atoms with Crippen LogP contribution in [0.3, 0.4) is 0 Å². The molecule has 0 saturated carbocycles. The molecule has 7 nitrogen and oxygen atoms in total. The number of aromatic nitrogens is 3. The molecule has 1 saturated heterocycles. The Morgan fingerprint density at radius 1 is 1.45 bits per heavy atom. The molecular formula is C15H20N4O3. The molecule has 7 heteroatoms. The number of amides is 1. The van der Waals surface area contributed by atoms with Crippen LogP contribution < -0.4 is 5.32 Å². The van der Waals surface area contributed by atoms with Crippen molar-refractivity contribution in [3.8, 4) is 0 Å². The zero-order chi connectivity index (χ0) is 15.7. The van der Waals surface area contributed by atoms with Gasteiger partial charge in [0.15, 0.2) is 5.65 Å². The lowest BCUT2D eigenvalue weighted by molar-refractivity contribution is -0.0479. The fourth-order valence-corrected chi connectivity index (χ4v) is 2.71. The van der Waals surface area contributed by atoms with E-state index in [-0.39, 0.29) is 18.1 Å². The third-order valence-electron chi connectivity index (χ3n) is 3.88. The molecule has 0 bridgehead atoms. The highest BCUT2D eigenvalue weighted by atomic mass is 16.5. The number of fused-ring (bicyclic) bond motifs is 1. The van der Waals surface area contributed by atoms with Gasteiger partial charge in [0.25, 0.3) is 5.91 Å². The molecule has 2 atom stereocenters. The zero-order valence-corrected chi connectivity index (χ0v) is 13.0. The quantitative estimate of drug-likeness (QED) is 0.911. The van der Waals surface area contributed by atoms with Gasteiger partial charge in [-0.05, 0) is 26.3 Å². The van der Waals surface area contributed by atoms with Crippen molar-refractivity contribution in [3.05, 3.63) is 29.2 Å². The van der Waals surface area contributed by atoms with Gasteiger partial charge in [-0.15, -0.1) is 0 Å². The van der Waals surface area contributed by atoms with Gasteiger partial charge in [-0.2, -0.15) is 5.10 Å². The van der Waals surface area contributed by atoms with Crippen LogP contribution in [0.5, 0.6) is 0 Å². The van der Waals surface area contributed by atoms with Gasteiger partial charge in [-0.3, -0.25) is 4.79 Å². The lowest BCUT2D eigenvalue weighted by Crippen LogP contribution is -2.49. The molecule has 2 aromatic heterocycles. The summed E-state index contributed by atoms with van der Waals surface area (Å²) in [5.74, 6) is -0.196. The summed E-state index contributed by atoms with van der Waals surface area (Å²) >= 11 is 0. The van der Waals surface area contributed by atoms with Crippen molar-refractivity contribution in [1.82, 2.24) is 19.9 Å². The van der Waals surface area contributed by atoms with Crippen molar-refractivity contribution in [2.75, 3.05) is 20.3 Å². The Labute approximate surface area is 128 Å². The van der Waals surface area contributed by atoms with Crippen molar-refractivity contribution in [2.24, 2.45) is 0 Å². The van der Waals surface area contributed by atoms with Crippen LogP contribution in [-0.4, -0.2) is 53.0 Å². The second kappa shape index (κ2) is 6.02. The molecule has 1 aliphatic rings. The number of aryl methyl sites for hydroxylation is 2. The molecule has 1 aliphatic heterocycles. The third-order valence-corrected chi connectivity index (χ3v) is 3.88. The largest absolute Gasteiger partial charge is 0.379 e. The number of hydrogen-bond acceptors (Lipinski definition) is 5. The van der Waals surface area contributed by atoms with E-state index >= 15 is 0 Å². The highest BCUT2D eigenvalue weighted by Gasteiger charge is 2.27. The first kappa shape index (κ1) is 14.9. The van der Waals surface area contributed by atoms with Crippen LogP contribution in [0, 0.1) is 13.8 Å². The maximum atomic E-state index is 12.5. The van der Waals surface area contributed by atoms with Crippen LogP contribution in [0.15, 0.2) is 12.1 Å². The van der Waals surface area contributed by atoms with Gasteiger partial charge >= 0.3 is 0 Å². The van der Waals surface area contributed by atoms with Gasteiger partial charge in [0.2, 0.25) is 0 Å². The van der Waals surface area contributed by atoms with E-state index in [9.17, 15) is 4.79 Å². The smallest absolute Gasteiger partial charge is 0.270 e. The van der Waals surface area contributed by atoms with Gasteiger partial charge in [-0.1, -0.05) is 0 Å². The van der Waals surface area contributed by atoms with Crippen LogP contribution in [0.1, 0.15) is 28.3 Å². The van der Waals surface area contributed by atoms with E-state index in [0.29, 0.717) is 24.6 Å². The second-order valence-corrected chi connectivity index (χ2v) is 5.56. The predicted octanol–water partition coefficient (Wildman–Crippen LogP) is 0.880. The highest BCUT2D eigenvalue weighted by Crippen LogP contribution is 2.13. The number of ether oxygens (including phenoxy) is 2. The number of carbonyl (C=O) groups is 1. The molecule has 2 aromatic rings. The van der Waals surface area contributed by atoms with Gasteiger partial charge < -0.3 is 14.8 Å².